The predicted octanol–water partition coefficient (Wildman–Crippen LogP) is 1.22. The van der Waals surface area contributed by atoms with Crippen LogP contribution in [-0.2, 0) is 4.79 Å². The Hall–Kier alpha value is -0.260. The Kier molecular flexibility index (Phi) is 6.92. The molecule has 0 aromatic heterocycles. The molecular weight excluding hydrogens is 236 g/mol. The van der Waals surface area contributed by atoms with Crippen LogP contribution in [0.15, 0.2) is 0 Å². The Morgan fingerprint density at radius 1 is 1.35 bits per heavy atom. The lowest BCUT2D eigenvalue weighted by molar-refractivity contribution is -0.138. The van der Waals surface area contributed by atoms with Crippen molar-refractivity contribution in [3.05, 3.63) is 0 Å². The number of carboxylic acids is 1. The summed E-state index contributed by atoms with van der Waals surface area (Å²) < 4.78 is 0. The number of piperazine rings is 1. The van der Waals surface area contributed by atoms with E-state index in [2.05, 4.69) is 23.8 Å². The molecule has 1 aliphatic rings. The number of carbonyl (C=O) groups is 1. The van der Waals surface area contributed by atoms with Crippen molar-refractivity contribution in [2.75, 3.05) is 44.7 Å². The van der Waals surface area contributed by atoms with Gasteiger partial charge >= 0.3 is 5.97 Å². The number of rotatable bonds is 7. The highest BCUT2D eigenvalue weighted by Gasteiger charge is 2.23. The van der Waals surface area contributed by atoms with Crippen LogP contribution in [0.2, 0.25) is 0 Å². The molecule has 0 aromatic rings. The first-order chi connectivity index (χ1) is 8.13. The van der Waals surface area contributed by atoms with E-state index in [9.17, 15) is 4.79 Å². The number of nitrogens with zero attached hydrogens (tertiary/aromatic N) is 2. The van der Waals surface area contributed by atoms with Crippen LogP contribution >= 0.6 is 11.8 Å². The molecule has 1 heterocycles. The molecule has 0 aliphatic carbocycles. The molecule has 0 saturated carbocycles. The average molecular weight is 260 g/mol. The summed E-state index contributed by atoms with van der Waals surface area (Å²) in [7, 11) is 2.12. The molecule has 1 atom stereocenters. The number of carboxylic acid groups (broad SMARTS) is 1. The largest absolute Gasteiger partial charge is 0.481 e. The highest BCUT2D eigenvalue weighted by Crippen LogP contribution is 2.15. The van der Waals surface area contributed by atoms with Crippen molar-refractivity contribution in [2.24, 2.45) is 0 Å². The molecule has 1 saturated heterocycles. The Balaban J connectivity index is 2.40. The van der Waals surface area contributed by atoms with Gasteiger partial charge in [-0.2, -0.15) is 11.8 Å². The quantitative estimate of drug-likeness (QED) is 0.697. The maximum atomic E-state index is 10.9. The number of hydrogen-bond donors (Lipinski definition) is 1. The molecule has 0 spiro atoms. The van der Waals surface area contributed by atoms with Crippen molar-refractivity contribution >= 4 is 17.7 Å². The summed E-state index contributed by atoms with van der Waals surface area (Å²) in [6.07, 6.45) is 1.28. The standard InChI is InChI=1S/C12H24N2O2S/c1-3-17-9-4-11(10-12(15)16)14-7-5-13(2)6-8-14/h11H,3-10H2,1-2H3,(H,15,16). The summed E-state index contributed by atoms with van der Waals surface area (Å²) in [5.41, 5.74) is 0. The normalized spacial score (nSPS) is 20.4. The summed E-state index contributed by atoms with van der Waals surface area (Å²) in [6, 6.07) is 0.222. The highest BCUT2D eigenvalue weighted by molar-refractivity contribution is 7.99. The molecule has 4 nitrogen and oxygen atoms in total. The minimum Gasteiger partial charge on any atom is -0.481 e. The first-order valence-corrected chi connectivity index (χ1v) is 7.51. The molecule has 0 radical (unpaired) electrons. The number of thioether (sulfide) groups is 1. The molecule has 17 heavy (non-hydrogen) atoms. The van der Waals surface area contributed by atoms with Crippen molar-refractivity contribution in [1.82, 2.24) is 9.80 Å². The van der Waals surface area contributed by atoms with Gasteiger partial charge in [-0.25, -0.2) is 0 Å². The summed E-state index contributed by atoms with van der Waals surface area (Å²) >= 11 is 1.90. The first kappa shape index (κ1) is 14.8. The first-order valence-electron chi connectivity index (χ1n) is 6.35. The average Bonchev–Trinajstić information content (AvgIpc) is 2.28. The fourth-order valence-electron chi connectivity index (χ4n) is 2.17. The molecule has 100 valence electrons. The Morgan fingerprint density at radius 3 is 2.53 bits per heavy atom. The molecule has 5 heteroatoms. The number of aliphatic carboxylic acids is 1. The maximum Gasteiger partial charge on any atom is 0.304 e. The van der Waals surface area contributed by atoms with E-state index in [1.165, 1.54) is 0 Å². The summed E-state index contributed by atoms with van der Waals surface area (Å²) in [5, 5.41) is 8.98. The lowest BCUT2D eigenvalue weighted by Gasteiger charge is -2.37. The SMILES string of the molecule is CCSCCC(CC(=O)O)N1CCN(C)CC1. The van der Waals surface area contributed by atoms with Crippen LogP contribution in [0.1, 0.15) is 19.8 Å². The van der Waals surface area contributed by atoms with Gasteiger partial charge < -0.3 is 10.0 Å². The van der Waals surface area contributed by atoms with Gasteiger partial charge in [0.2, 0.25) is 0 Å². The van der Waals surface area contributed by atoms with Crippen LogP contribution in [0.5, 0.6) is 0 Å². The summed E-state index contributed by atoms with van der Waals surface area (Å²) in [6.45, 7) is 6.26. The van der Waals surface area contributed by atoms with Crippen molar-refractivity contribution in [3.8, 4) is 0 Å². The van der Waals surface area contributed by atoms with Crippen molar-refractivity contribution < 1.29 is 9.90 Å². The molecule has 1 aliphatic heterocycles. The molecule has 1 fully saturated rings. The van der Waals surface area contributed by atoms with E-state index in [0.29, 0.717) is 0 Å². The lowest BCUT2D eigenvalue weighted by atomic mass is 10.1. The van der Waals surface area contributed by atoms with E-state index in [1.54, 1.807) is 0 Å². The van der Waals surface area contributed by atoms with Gasteiger partial charge in [-0.3, -0.25) is 9.69 Å². The van der Waals surface area contributed by atoms with Crippen LogP contribution < -0.4 is 0 Å². The predicted molar refractivity (Wildman–Crippen MR) is 72.7 cm³/mol. The highest BCUT2D eigenvalue weighted by atomic mass is 32.2. The van der Waals surface area contributed by atoms with Gasteiger partial charge in [0.1, 0.15) is 0 Å². The third kappa shape index (κ3) is 5.75. The third-order valence-corrected chi connectivity index (χ3v) is 4.20. The fraction of sp³-hybridized carbons (Fsp3) is 0.917. The second-order valence-electron chi connectivity index (χ2n) is 4.58. The van der Waals surface area contributed by atoms with Crippen LogP contribution in [0.4, 0.5) is 0 Å². The smallest absolute Gasteiger partial charge is 0.304 e. The van der Waals surface area contributed by atoms with E-state index in [0.717, 1.165) is 44.1 Å². The van der Waals surface area contributed by atoms with E-state index < -0.39 is 5.97 Å². The Labute approximate surface area is 108 Å². The van der Waals surface area contributed by atoms with Gasteiger partial charge in [0.25, 0.3) is 0 Å². The molecule has 1 unspecified atom stereocenters. The zero-order valence-electron chi connectivity index (χ0n) is 10.9. The topological polar surface area (TPSA) is 43.8 Å². The van der Waals surface area contributed by atoms with Crippen molar-refractivity contribution in [2.45, 2.75) is 25.8 Å². The van der Waals surface area contributed by atoms with Gasteiger partial charge in [0, 0.05) is 32.2 Å². The molecular formula is C12H24N2O2S. The maximum absolute atomic E-state index is 10.9. The van der Waals surface area contributed by atoms with Gasteiger partial charge in [-0.1, -0.05) is 6.92 Å². The fourth-order valence-corrected chi connectivity index (χ4v) is 2.89. The Morgan fingerprint density at radius 2 is 2.00 bits per heavy atom. The van der Waals surface area contributed by atoms with E-state index in [-0.39, 0.29) is 12.5 Å². The van der Waals surface area contributed by atoms with E-state index in [4.69, 9.17) is 5.11 Å². The second-order valence-corrected chi connectivity index (χ2v) is 5.97. The molecule has 1 N–H and O–H groups in total. The monoisotopic (exact) mass is 260 g/mol. The zero-order chi connectivity index (χ0) is 12.7. The third-order valence-electron chi connectivity index (χ3n) is 3.26. The van der Waals surface area contributed by atoms with Crippen LogP contribution in [0.25, 0.3) is 0 Å². The molecule has 0 amide bonds. The van der Waals surface area contributed by atoms with Gasteiger partial charge in [0.15, 0.2) is 0 Å². The van der Waals surface area contributed by atoms with E-state index in [1.807, 2.05) is 11.8 Å². The minimum absolute atomic E-state index is 0.222. The molecule has 0 aromatic carbocycles. The lowest BCUT2D eigenvalue weighted by Crippen LogP contribution is -2.49. The molecule has 1 rings (SSSR count). The number of hydrogen-bond acceptors (Lipinski definition) is 4. The van der Waals surface area contributed by atoms with Crippen molar-refractivity contribution in [1.29, 1.82) is 0 Å². The van der Waals surface area contributed by atoms with Crippen LogP contribution in [0, 0.1) is 0 Å². The van der Waals surface area contributed by atoms with E-state index >= 15 is 0 Å². The van der Waals surface area contributed by atoms with Crippen molar-refractivity contribution in [3.63, 3.8) is 0 Å². The van der Waals surface area contributed by atoms with Crippen LogP contribution in [0.3, 0.4) is 0 Å². The molecule has 0 bridgehead atoms. The summed E-state index contributed by atoms with van der Waals surface area (Å²) in [4.78, 5) is 15.6. The second kappa shape index (κ2) is 7.95. The minimum atomic E-state index is -0.671. The van der Waals surface area contributed by atoms with Gasteiger partial charge in [-0.15, -0.1) is 0 Å². The Bertz CT molecular complexity index is 231. The van der Waals surface area contributed by atoms with Crippen LogP contribution in [-0.4, -0.2) is 71.6 Å². The van der Waals surface area contributed by atoms with Gasteiger partial charge in [0.05, 0.1) is 6.42 Å². The van der Waals surface area contributed by atoms with Gasteiger partial charge in [-0.05, 0) is 25.0 Å². The number of likely N-dealkylation sites (N-methyl/N-ethyl adjacent to an activating group) is 1. The zero-order valence-corrected chi connectivity index (χ0v) is 11.7. The summed E-state index contributed by atoms with van der Waals surface area (Å²) in [5.74, 6) is 1.51.